The van der Waals surface area contributed by atoms with E-state index < -0.39 is 0 Å². The van der Waals surface area contributed by atoms with Gasteiger partial charge in [-0.15, -0.1) is 12.7 Å². The van der Waals surface area contributed by atoms with Crippen molar-refractivity contribution in [2.75, 3.05) is 6.61 Å². The minimum Gasteiger partial charge on any atom is -0.851 e. The molecule has 0 aromatic heterocycles. The fourth-order valence-corrected chi connectivity index (χ4v) is 0.245. The molecule has 0 aliphatic heterocycles. The Balaban J connectivity index is 3.09. The quantitative estimate of drug-likeness (QED) is 0.459. The summed E-state index contributed by atoms with van der Waals surface area (Å²) in [4.78, 5) is 0. The molecule has 0 spiro atoms. The highest BCUT2D eigenvalue weighted by Gasteiger charge is 1.52. The Hall–Kier alpha value is -0.560. The number of hydrogen-bond acceptors (Lipinski definition) is 1. The molecule has 0 rings (SSSR count). The average molecular weight is 97.1 g/mol. The van der Waals surface area contributed by atoms with E-state index in [1.54, 1.807) is 12.2 Å². The van der Waals surface area contributed by atoms with Crippen molar-refractivity contribution in [1.29, 1.82) is 0 Å². The smallest absolute Gasteiger partial charge is 0.0467 e. The van der Waals surface area contributed by atoms with Crippen LogP contribution in [0.1, 0.15) is 6.92 Å². The second-order valence-corrected chi connectivity index (χ2v) is 1.12. The van der Waals surface area contributed by atoms with Crippen LogP contribution in [0.15, 0.2) is 24.3 Å². The Morgan fingerprint density at radius 1 is 1.43 bits per heavy atom. The summed E-state index contributed by atoms with van der Waals surface area (Å²) in [5.41, 5.74) is 0. The van der Waals surface area contributed by atoms with Crippen LogP contribution in [0.2, 0.25) is 0 Å². The molecule has 1 nitrogen and oxygen atoms in total. The van der Waals surface area contributed by atoms with Gasteiger partial charge in [0, 0.05) is 0 Å². The van der Waals surface area contributed by atoms with Gasteiger partial charge in [0.2, 0.25) is 0 Å². The van der Waals surface area contributed by atoms with E-state index in [9.17, 15) is 5.11 Å². The summed E-state index contributed by atoms with van der Waals surface area (Å²) in [6.07, 6.45) is 7.02. The van der Waals surface area contributed by atoms with Gasteiger partial charge >= 0.3 is 0 Å². The standard InChI is InChI=1S/C6H9O/c1-2-3-4-5-6-7/h2-5H,6H2,1H3/q-1/b3-2+,5-4+. The predicted molar refractivity (Wildman–Crippen MR) is 28.8 cm³/mol. The summed E-state index contributed by atoms with van der Waals surface area (Å²) in [6.45, 7) is 1.79. The van der Waals surface area contributed by atoms with E-state index in [4.69, 9.17) is 0 Å². The molecule has 0 saturated carbocycles. The Kier molecular flexibility index (Phi) is 5.00. The van der Waals surface area contributed by atoms with Gasteiger partial charge in [-0.1, -0.05) is 18.2 Å². The lowest BCUT2D eigenvalue weighted by Crippen LogP contribution is -1.99. The first-order valence-electron chi connectivity index (χ1n) is 2.27. The molecule has 0 aromatic carbocycles. The fraction of sp³-hybridized carbons (Fsp3) is 0.333. The first-order valence-corrected chi connectivity index (χ1v) is 2.27. The van der Waals surface area contributed by atoms with Crippen LogP contribution in [-0.4, -0.2) is 6.61 Å². The maximum Gasteiger partial charge on any atom is -0.0467 e. The molecule has 7 heavy (non-hydrogen) atoms. The SMILES string of the molecule is C/C=C/C=C/C[O-]. The van der Waals surface area contributed by atoms with E-state index in [2.05, 4.69) is 0 Å². The van der Waals surface area contributed by atoms with Crippen molar-refractivity contribution in [3.63, 3.8) is 0 Å². The zero-order valence-electron chi connectivity index (χ0n) is 4.42. The minimum atomic E-state index is -0.121. The molecule has 1 heteroatoms. The second-order valence-electron chi connectivity index (χ2n) is 1.12. The van der Waals surface area contributed by atoms with Crippen molar-refractivity contribution in [3.8, 4) is 0 Å². The zero-order chi connectivity index (χ0) is 5.54. The van der Waals surface area contributed by atoms with Crippen molar-refractivity contribution in [2.24, 2.45) is 0 Å². The number of allylic oxidation sites excluding steroid dienone is 3. The number of hydrogen-bond donors (Lipinski definition) is 0. The van der Waals surface area contributed by atoms with E-state index in [0.717, 1.165) is 0 Å². The molecule has 0 unspecified atom stereocenters. The van der Waals surface area contributed by atoms with Gasteiger partial charge in [-0.2, -0.15) is 0 Å². The summed E-state index contributed by atoms with van der Waals surface area (Å²) in [5, 5.41) is 9.68. The van der Waals surface area contributed by atoms with E-state index in [1.165, 1.54) is 0 Å². The molecule has 0 radical (unpaired) electrons. The summed E-state index contributed by atoms with van der Waals surface area (Å²) >= 11 is 0. The zero-order valence-corrected chi connectivity index (χ0v) is 4.42. The highest BCUT2D eigenvalue weighted by Crippen LogP contribution is 1.71. The van der Waals surface area contributed by atoms with Gasteiger partial charge in [-0.25, -0.2) is 0 Å². The Morgan fingerprint density at radius 3 is 2.57 bits per heavy atom. The normalized spacial score (nSPS) is 11.7. The largest absolute Gasteiger partial charge is 0.851 e. The maximum atomic E-state index is 9.68. The van der Waals surface area contributed by atoms with Gasteiger partial charge in [0.05, 0.1) is 0 Å². The van der Waals surface area contributed by atoms with Crippen molar-refractivity contribution in [3.05, 3.63) is 24.3 Å². The van der Waals surface area contributed by atoms with Gasteiger partial charge in [-0.3, -0.25) is 0 Å². The minimum absolute atomic E-state index is 0.121. The highest BCUT2D eigenvalue weighted by molar-refractivity contribution is 5.00. The van der Waals surface area contributed by atoms with Crippen LogP contribution < -0.4 is 5.11 Å². The molecule has 0 aliphatic rings. The van der Waals surface area contributed by atoms with E-state index in [-0.39, 0.29) is 6.61 Å². The van der Waals surface area contributed by atoms with Crippen molar-refractivity contribution in [2.45, 2.75) is 6.92 Å². The first kappa shape index (κ1) is 6.44. The molecule has 0 bridgehead atoms. The molecule has 0 atom stereocenters. The van der Waals surface area contributed by atoms with Crippen LogP contribution >= 0.6 is 0 Å². The van der Waals surface area contributed by atoms with Gasteiger partial charge < -0.3 is 5.11 Å². The van der Waals surface area contributed by atoms with E-state index in [1.807, 2.05) is 19.1 Å². The number of rotatable bonds is 2. The van der Waals surface area contributed by atoms with Crippen LogP contribution in [0.4, 0.5) is 0 Å². The van der Waals surface area contributed by atoms with Gasteiger partial charge in [0.15, 0.2) is 0 Å². The topological polar surface area (TPSA) is 23.1 Å². The monoisotopic (exact) mass is 97.1 g/mol. The molecule has 0 aliphatic carbocycles. The summed E-state index contributed by atoms with van der Waals surface area (Å²) in [7, 11) is 0. The van der Waals surface area contributed by atoms with E-state index >= 15 is 0 Å². The van der Waals surface area contributed by atoms with Gasteiger partial charge in [0.1, 0.15) is 0 Å². The third-order valence-electron chi connectivity index (χ3n) is 0.536. The lowest BCUT2D eigenvalue weighted by molar-refractivity contribution is -0.352. The second kappa shape index (κ2) is 5.44. The van der Waals surface area contributed by atoms with Crippen molar-refractivity contribution < 1.29 is 5.11 Å². The van der Waals surface area contributed by atoms with Crippen molar-refractivity contribution in [1.82, 2.24) is 0 Å². The molecule has 0 heterocycles. The third kappa shape index (κ3) is 5.44. The van der Waals surface area contributed by atoms with Crippen LogP contribution in [0, 0.1) is 0 Å². The lowest BCUT2D eigenvalue weighted by atomic mass is 10.4. The highest BCUT2D eigenvalue weighted by atomic mass is 16.2. The Bertz CT molecular complexity index is 72.2. The molecular weight excluding hydrogens is 88.1 g/mol. The van der Waals surface area contributed by atoms with Gasteiger partial charge in [0.25, 0.3) is 0 Å². The summed E-state index contributed by atoms with van der Waals surface area (Å²) < 4.78 is 0. The predicted octanol–water partition coefficient (Wildman–Crippen LogP) is 0.479. The van der Waals surface area contributed by atoms with Crippen LogP contribution in [0.5, 0.6) is 0 Å². The van der Waals surface area contributed by atoms with Crippen LogP contribution in [-0.2, 0) is 0 Å². The van der Waals surface area contributed by atoms with Gasteiger partial charge in [-0.05, 0) is 6.92 Å². The summed E-state index contributed by atoms with van der Waals surface area (Å²) in [5.74, 6) is 0. The van der Waals surface area contributed by atoms with Crippen molar-refractivity contribution >= 4 is 0 Å². The molecule has 0 aromatic rings. The first-order chi connectivity index (χ1) is 3.41. The maximum absolute atomic E-state index is 9.68. The average Bonchev–Trinajstić information content (AvgIpc) is 1.69. The molecule has 0 amide bonds. The lowest BCUT2D eigenvalue weighted by Gasteiger charge is -1.87. The molecule has 0 saturated heterocycles. The molecular formula is C6H9O-. The fourth-order valence-electron chi connectivity index (χ4n) is 0.245. The molecule has 0 N–H and O–H groups in total. The Morgan fingerprint density at radius 2 is 2.14 bits per heavy atom. The van der Waals surface area contributed by atoms with E-state index in [0.29, 0.717) is 0 Å². The third-order valence-corrected chi connectivity index (χ3v) is 0.536. The van der Waals surface area contributed by atoms with Crippen LogP contribution in [0.3, 0.4) is 0 Å². The molecule has 40 valence electrons. The Labute approximate surface area is 44.0 Å². The van der Waals surface area contributed by atoms with Crippen LogP contribution in [0.25, 0.3) is 0 Å². The molecule has 0 fully saturated rings. The summed E-state index contributed by atoms with van der Waals surface area (Å²) in [6, 6.07) is 0.